The molecule has 0 unspecified atom stereocenters. The topological polar surface area (TPSA) is 138 Å². The molecule has 0 radical (unpaired) electrons. The van der Waals surface area contributed by atoms with Crippen LogP contribution in [0.4, 0.5) is 5.69 Å². The minimum absolute atomic E-state index is 0.0494. The fourth-order valence-corrected chi connectivity index (χ4v) is 3.15. The van der Waals surface area contributed by atoms with Crippen LogP contribution < -0.4 is 15.1 Å². The number of hydrogen-bond acceptors (Lipinski definition) is 9. The van der Waals surface area contributed by atoms with Gasteiger partial charge in [0.25, 0.3) is 5.69 Å². The number of nitro benzene ring substituents is 1. The number of aromatic hydroxyl groups is 1. The van der Waals surface area contributed by atoms with Gasteiger partial charge in [-0.3, -0.25) is 10.1 Å². The van der Waals surface area contributed by atoms with Gasteiger partial charge in [0.1, 0.15) is 36.7 Å². The van der Waals surface area contributed by atoms with Gasteiger partial charge in [-0.05, 0) is 19.1 Å². The molecule has 1 N–H and O–H groups in total. The monoisotopic (exact) mass is 413 g/mol. The average Bonchev–Trinajstić information content (AvgIpc) is 2.73. The van der Waals surface area contributed by atoms with Gasteiger partial charge in [0.05, 0.1) is 11.0 Å². The van der Waals surface area contributed by atoms with Crippen LogP contribution in [0.1, 0.15) is 21.5 Å². The predicted molar refractivity (Wildman–Crippen MR) is 102 cm³/mol. The highest BCUT2D eigenvalue weighted by molar-refractivity contribution is 5.95. The van der Waals surface area contributed by atoms with Crippen LogP contribution in [0.3, 0.4) is 0 Å². The summed E-state index contributed by atoms with van der Waals surface area (Å²) in [5, 5.41) is 21.7. The van der Waals surface area contributed by atoms with Gasteiger partial charge in [-0.2, -0.15) is 0 Å². The molecular weight excluding hydrogens is 398 g/mol. The van der Waals surface area contributed by atoms with Gasteiger partial charge in [0.2, 0.25) is 0 Å². The molecule has 1 aliphatic rings. The third kappa shape index (κ3) is 3.39. The Bertz CT molecular complexity index is 1250. The van der Waals surface area contributed by atoms with Crippen LogP contribution in [0.5, 0.6) is 17.2 Å². The maximum atomic E-state index is 12.6. The summed E-state index contributed by atoms with van der Waals surface area (Å²) in [6, 6.07) is 6.42. The van der Waals surface area contributed by atoms with Gasteiger partial charge in [-0.25, -0.2) is 9.59 Å². The molecule has 1 aliphatic heterocycles. The first-order valence-corrected chi connectivity index (χ1v) is 8.85. The molecule has 0 atom stereocenters. The summed E-state index contributed by atoms with van der Waals surface area (Å²) in [6.07, 6.45) is 0. The molecule has 0 bridgehead atoms. The molecule has 4 rings (SSSR count). The summed E-state index contributed by atoms with van der Waals surface area (Å²) in [5.74, 6) is -0.635. The molecule has 10 nitrogen and oxygen atoms in total. The highest BCUT2D eigenvalue weighted by atomic mass is 16.6. The molecule has 2 aromatic carbocycles. The number of phenols is 1. The first-order chi connectivity index (χ1) is 14.3. The number of fused-ring (bicyclic) bond motifs is 2. The van der Waals surface area contributed by atoms with Crippen LogP contribution in [0.15, 0.2) is 39.5 Å². The van der Waals surface area contributed by atoms with Crippen molar-refractivity contribution in [1.82, 2.24) is 0 Å². The van der Waals surface area contributed by atoms with Gasteiger partial charge < -0.3 is 23.7 Å². The van der Waals surface area contributed by atoms with Crippen molar-refractivity contribution in [2.75, 3.05) is 13.2 Å². The fraction of sp³-hybridized carbons (Fsp3) is 0.200. The first kappa shape index (κ1) is 19.2. The lowest BCUT2D eigenvalue weighted by molar-refractivity contribution is -0.385. The largest absolute Gasteiger partial charge is 0.508 e. The Balaban J connectivity index is 1.67. The number of phenolic OH excluding ortho intramolecular Hbond substituents is 1. The van der Waals surface area contributed by atoms with Crippen molar-refractivity contribution >= 4 is 22.6 Å². The lowest BCUT2D eigenvalue weighted by Gasteiger charge is -2.18. The van der Waals surface area contributed by atoms with Crippen LogP contribution in [-0.4, -0.2) is 29.2 Å². The highest BCUT2D eigenvalue weighted by Crippen LogP contribution is 2.37. The number of benzene rings is 2. The van der Waals surface area contributed by atoms with Crippen LogP contribution in [0.2, 0.25) is 0 Å². The number of carbonyl (C=O) groups is 1. The third-order valence-corrected chi connectivity index (χ3v) is 4.65. The van der Waals surface area contributed by atoms with E-state index in [1.54, 1.807) is 6.92 Å². The number of rotatable bonds is 4. The summed E-state index contributed by atoms with van der Waals surface area (Å²) in [6.45, 7) is 1.73. The summed E-state index contributed by atoms with van der Waals surface area (Å²) in [5.41, 5.74) is -0.614. The zero-order chi connectivity index (χ0) is 21.4. The fourth-order valence-electron chi connectivity index (χ4n) is 3.15. The Hall–Kier alpha value is -4.08. The van der Waals surface area contributed by atoms with Crippen molar-refractivity contribution < 1.29 is 33.5 Å². The van der Waals surface area contributed by atoms with E-state index in [0.717, 1.165) is 12.1 Å². The van der Waals surface area contributed by atoms with Crippen LogP contribution in [0, 0.1) is 17.0 Å². The standard InChI is InChI=1S/C20H15NO9/c1-10-15(22)3-2-12-11(6-18(23)30-19(10)12)9-29-20(24)13-7-16-17(28-5-4-27-16)8-14(13)21(25)26/h2-3,6-8,22H,4-5,9H2,1H3. The highest BCUT2D eigenvalue weighted by Gasteiger charge is 2.27. The molecule has 0 saturated carbocycles. The smallest absolute Gasteiger partial charge is 0.345 e. The maximum Gasteiger partial charge on any atom is 0.345 e. The second-order valence-electron chi connectivity index (χ2n) is 6.52. The zero-order valence-electron chi connectivity index (χ0n) is 15.7. The summed E-state index contributed by atoms with van der Waals surface area (Å²) in [7, 11) is 0. The zero-order valence-corrected chi connectivity index (χ0v) is 15.7. The first-order valence-electron chi connectivity index (χ1n) is 8.85. The van der Waals surface area contributed by atoms with E-state index < -0.39 is 22.2 Å². The van der Waals surface area contributed by atoms with Gasteiger partial charge in [0.15, 0.2) is 11.5 Å². The number of esters is 1. The second kappa shape index (κ2) is 7.39. The van der Waals surface area contributed by atoms with Crippen molar-refractivity contribution in [2.45, 2.75) is 13.5 Å². The number of ether oxygens (including phenoxy) is 3. The molecule has 154 valence electrons. The summed E-state index contributed by atoms with van der Waals surface area (Å²) >= 11 is 0. The number of nitrogens with zero attached hydrogens (tertiary/aromatic N) is 1. The van der Waals surface area contributed by atoms with Gasteiger partial charge in [-0.15, -0.1) is 0 Å². The second-order valence-corrected chi connectivity index (χ2v) is 6.52. The van der Waals surface area contributed by atoms with Crippen molar-refractivity contribution in [3.8, 4) is 17.2 Å². The third-order valence-electron chi connectivity index (χ3n) is 4.65. The lowest BCUT2D eigenvalue weighted by atomic mass is 10.1. The Labute approximate surface area is 168 Å². The van der Waals surface area contributed by atoms with E-state index in [9.17, 15) is 24.8 Å². The normalized spacial score (nSPS) is 12.6. The number of nitro groups is 1. The molecule has 2 heterocycles. The van der Waals surface area contributed by atoms with E-state index in [0.29, 0.717) is 16.5 Å². The van der Waals surface area contributed by atoms with E-state index in [-0.39, 0.29) is 48.2 Å². The minimum atomic E-state index is -0.962. The van der Waals surface area contributed by atoms with Gasteiger partial charge >= 0.3 is 11.6 Å². The van der Waals surface area contributed by atoms with Crippen LogP contribution in [0.25, 0.3) is 11.0 Å². The predicted octanol–water partition coefficient (Wildman–Crippen LogP) is 2.84. The van der Waals surface area contributed by atoms with E-state index in [2.05, 4.69) is 0 Å². The van der Waals surface area contributed by atoms with Gasteiger partial charge in [-0.1, -0.05) is 0 Å². The van der Waals surface area contributed by atoms with Crippen molar-refractivity contribution in [1.29, 1.82) is 0 Å². The molecule has 0 fully saturated rings. The molecule has 0 aliphatic carbocycles. The Kier molecular flexibility index (Phi) is 4.74. The van der Waals surface area contributed by atoms with Gasteiger partial charge in [0, 0.05) is 28.6 Å². The van der Waals surface area contributed by atoms with E-state index in [1.807, 2.05) is 0 Å². The number of carbonyl (C=O) groups excluding carboxylic acids is 1. The number of hydrogen-bond donors (Lipinski definition) is 1. The van der Waals surface area contributed by atoms with Crippen LogP contribution in [-0.2, 0) is 11.3 Å². The summed E-state index contributed by atoms with van der Waals surface area (Å²) < 4.78 is 21.1. The average molecular weight is 413 g/mol. The molecule has 1 aromatic heterocycles. The van der Waals surface area contributed by atoms with Crippen LogP contribution >= 0.6 is 0 Å². The Morgan fingerprint density at radius 3 is 2.60 bits per heavy atom. The molecule has 3 aromatic rings. The molecule has 10 heteroatoms. The SMILES string of the molecule is Cc1c(O)ccc2c(COC(=O)c3cc4c(cc3[N+](=O)[O-])OCCO4)cc(=O)oc12. The molecule has 0 saturated heterocycles. The maximum absolute atomic E-state index is 12.6. The van der Waals surface area contributed by atoms with Crippen molar-refractivity contribution in [3.05, 3.63) is 67.6 Å². The lowest BCUT2D eigenvalue weighted by Crippen LogP contribution is -2.17. The van der Waals surface area contributed by atoms with Crippen molar-refractivity contribution in [2.24, 2.45) is 0 Å². The summed E-state index contributed by atoms with van der Waals surface area (Å²) in [4.78, 5) is 35.2. The molecular formula is C20H15NO9. The van der Waals surface area contributed by atoms with E-state index >= 15 is 0 Å². The quantitative estimate of drug-likeness (QED) is 0.296. The molecule has 0 amide bonds. The number of aryl methyl sites for hydroxylation is 1. The Morgan fingerprint density at radius 2 is 1.90 bits per heavy atom. The Morgan fingerprint density at radius 1 is 1.20 bits per heavy atom. The van der Waals surface area contributed by atoms with E-state index in [1.165, 1.54) is 18.2 Å². The van der Waals surface area contributed by atoms with Crippen molar-refractivity contribution in [3.63, 3.8) is 0 Å². The molecule has 30 heavy (non-hydrogen) atoms. The van der Waals surface area contributed by atoms with E-state index in [4.69, 9.17) is 18.6 Å². The minimum Gasteiger partial charge on any atom is -0.508 e. The molecule has 0 spiro atoms.